The number of aryl methyl sites for hydroxylation is 2. The van der Waals surface area contributed by atoms with Gasteiger partial charge in [0.15, 0.2) is 5.82 Å². The van der Waals surface area contributed by atoms with Gasteiger partial charge in [0.05, 0.1) is 31.8 Å². The molecule has 9 nitrogen and oxygen atoms in total. The summed E-state index contributed by atoms with van der Waals surface area (Å²) >= 11 is 0. The summed E-state index contributed by atoms with van der Waals surface area (Å²) in [7, 11) is 3.33. The lowest BCUT2D eigenvalue weighted by molar-refractivity contribution is 0.149. The summed E-state index contributed by atoms with van der Waals surface area (Å²) in [4.78, 5) is 18.6. The van der Waals surface area contributed by atoms with Gasteiger partial charge in [-0.15, -0.1) is 5.10 Å². The first-order chi connectivity index (χ1) is 17.5. The number of ether oxygens (including phenoxy) is 2. The van der Waals surface area contributed by atoms with Gasteiger partial charge < -0.3 is 14.5 Å². The van der Waals surface area contributed by atoms with Crippen LogP contribution in [0.1, 0.15) is 47.5 Å². The summed E-state index contributed by atoms with van der Waals surface area (Å²) < 4.78 is 12.7. The van der Waals surface area contributed by atoms with Gasteiger partial charge in [0, 0.05) is 36.7 Å². The Kier molecular flexibility index (Phi) is 8.12. The predicted molar refractivity (Wildman–Crippen MR) is 139 cm³/mol. The fourth-order valence-corrected chi connectivity index (χ4v) is 4.67. The molecular weight excluding hydrogens is 456 g/mol. The molecule has 1 N–H and O–H groups in total. The minimum Gasteiger partial charge on any atom is -0.496 e. The van der Waals surface area contributed by atoms with E-state index in [1.54, 1.807) is 18.9 Å². The van der Waals surface area contributed by atoms with E-state index in [0.717, 1.165) is 45.6 Å². The lowest BCUT2D eigenvalue weighted by Crippen LogP contribution is -2.32. The minimum absolute atomic E-state index is 0.0879. The lowest BCUT2D eigenvalue weighted by Gasteiger charge is -2.30. The number of para-hydroxylation sites is 1. The minimum atomic E-state index is -0.129. The van der Waals surface area contributed by atoms with Crippen molar-refractivity contribution in [2.24, 2.45) is 0 Å². The third-order valence-corrected chi connectivity index (χ3v) is 6.65. The van der Waals surface area contributed by atoms with E-state index in [9.17, 15) is 4.79 Å². The largest absolute Gasteiger partial charge is 0.496 e. The van der Waals surface area contributed by atoms with E-state index < -0.39 is 0 Å². The molecule has 4 aromatic rings. The molecule has 0 spiro atoms. The van der Waals surface area contributed by atoms with Gasteiger partial charge in [0.25, 0.3) is 5.56 Å². The lowest BCUT2D eigenvalue weighted by atomic mass is 10.0. The monoisotopic (exact) mass is 490 g/mol. The molecule has 190 valence electrons. The van der Waals surface area contributed by atoms with Crippen LogP contribution >= 0.6 is 0 Å². The first-order valence-corrected chi connectivity index (χ1v) is 12.2. The second-order valence-corrected chi connectivity index (χ2v) is 9.01. The highest BCUT2D eigenvalue weighted by atomic mass is 16.5. The van der Waals surface area contributed by atoms with Crippen LogP contribution in [0.25, 0.3) is 10.9 Å². The maximum atomic E-state index is 13.2. The van der Waals surface area contributed by atoms with E-state index in [0.29, 0.717) is 31.8 Å². The zero-order valence-corrected chi connectivity index (χ0v) is 21.6. The molecule has 36 heavy (non-hydrogen) atoms. The SMILES string of the molecule is CC[C@H](c1nnnn1CCOC)N(Cc1ccccc1OC)Cc1cc2c(C)ccc(C)c2[nH]c1=O. The second kappa shape index (κ2) is 11.5. The Hall–Kier alpha value is -3.56. The van der Waals surface area contributed by atoms with Crippen LogP contribution in [0.3, 0.4) is 0 Å². The fourth-order valence-electron chi connectivity index (χ4n) is 4.67. The molecule has 2 aromatic heterocycles. The van der Waals surface area contributed by atoms with E-state index in [-0.39, 0.29) is 11.6 Å². The summed E-state index contributed by atoms with van der Waals surface area (Å²) in [6.45, 7) is 8.22. The van der Waals surface area contributed by atoms with Crippen molar-refractivity contribution in [3.05, 3.63) is 80.9 Å². The van der Waals surface area contributed by atoms with E-state index >= 15 is 0 Å². The zero-order valence-electron chi connectivity index (χ0n) is 21.6. The Morgan fingerprint density at radius 3 is 2.56 bits per heavy atom. The number of nitrogens with zero attached hydrogens (tertiary/aromatic N) is 5. The first kappa shape index (κ1) is 25.5. The molecule has 0 amide bonds. The summed E-state index contributed by atoms with van der Waals surface area (Å²) in [5.41, 5.74) is 4.69. The molecule has 0 saturated heterocycles. The molecule has 4 rings (SSSR count). The van der Waals surface area contributed by atoms with E-state index in [1.807, 2.05) is 43.3 Å². The number of H-pyrrole nitrogens is 1. The van der Waals surface area contributed by atoms with Gasteiger partial charge in [0.2, 0.25) is 0 Å². The van der Waals surface area contributed by atoms with E-state index in [2.05, 4.69) is 45.3 Å². The van der Waals surface area contributed by atoms with Crippen LogP contribution in [0.15, 0.2) is 47.3 Å². The molecule has 2 heterocycles. The van der Waals surface area contributed by atoms with Crippen molar-refractivity contribution < 1.29 is 9.47 Å². The molecular formula is C27H34N6O3. The Morgan fingerprint density at radius 2 is 1.81 bits per heavy atom. The van der Waals surface area contributed by atoms with Gasteiger partial charge in [-0.05, 0) is 54.0 Å². The topological polar surface area (TPSA) is 98.2 Å². The van der Waals surface area contributed by atoms with Crippen LogP contribution in [-0.2, 0) is 24.4 Å². The Balaban J connectivity index is 1.78. The summed E-state index contributed by atoms with van der Waals surface area (Å²) in [5.74, 6) is 1.55. The van der Waals surface area contributed by atoms with Gasteiger partial charge >= 0.3 is 0 Å². The predicted octanol–water partition coefficient (Wildman–Crippen LogP) is 3.94. The van der Waals surface area contributed by atoms with E-state index in [4.69, 9.17) is 9.47 Å². The highest BCUT2D eigenvalue weighted by molar-refractivity contribution is 5.85. The van der Waals surface area contributed by atoms with Crippen molar-refractivity contribution in [1.82, 2.24) is 30.1 Å². The molecule has 9 heteroatoms. The number of tetrazole rings is 1. The van der Waals surface area contributed by atoms with Crippen LogP contribution in [0.4, 0.5) is 0 Å². The number of rotatable bonds is 11. The normalized spacial score (nSPS) is 12.4. The quantitative estimate of drug-likeness (QED) is 0.340. The Bertz CT molecular complexity index is 1380. The van der Waals surface area contributed by atoms with Crippen molar-refractivity contribution in [3.8, 4) is 5.75 Å². The second-order valence-electron chi connectivity index (χ2n) is 9.01. The van der Waals surface area contributed by atoms with Gasteiger partial charge in [0.1, 0.15) is 5.75 Å². The van der Waals surface area contributed by atoms with Gasteiger partial charge in [-0.2, -0.15) is 0 Å². The molecule has 0 radical (unpaired) electrons. The number of hydrogen-bond acceptors (Lipinski definition) is 7. The summed E-state index contributed by atoms with van der Waals surface area (Å²) in [5, 5.41) is 13.6. The maximum Gasteiger partial charge on any atom is 0.252 e. The third kappa shape index (κ3) is 5.32. The van der Waals surface area contributed by atoms with Crippen molar-refractivity contribution in [3.63, 3.8) is 0 Å². The zero-order chi connectivity index (χ0) is 25.7. The molecule has 2 aromatic carbocycles. The molecule has 0 aliphatic rings. The van der Waals surface area contributed by atoms with Crippen molar-refractivity contribution in [1.29, 1.82) is 0 Å². The number of fused-ring (bicyclic) bond motifs is 1. The molecule has 1 atom stereocenters. The van der Waals surface area contributed by atoms with Crippen LogP contribution < -0.4 is 10.3 Å². The Labute approximate surface area is 211 Å². The van der Waals surface area contributed by atoms with Crippen LogP contribution in [-0.4, -0.2) is 50.9 Å². The average Bonchev–Trinajstić information content (AvgIpc) is 3.34. The summed E-state index contributed by atoms with van der Waals surface area (Å²) in [6.07, 6.45) is 0.756. The van der Waals surface area contributed by atoms with E-state index in [1.165, 1.54) is 0 Å². The average molecular weight is 491 g/mol. The number of aromatic amines is 1. The molecule has 0 unspecified atom stereocenters. The van der Waals surface area contributed by atoms with Gasteiger partial charge in [-0.25, -0.2) is 4.68 Å². The van der Waals surface area contributed by atoms with Crippen molar-refractivity contribution in [2.45, 2.75) is 52.9 Å². The molecule has 0 fully saturated rings. The summed E-state index contributed by atoms with van der Waals surface area (Å²) in [6, 6.07) is 14.0. The highest BCUT2D eigenvalue weighted by Gasteiger charge is 2.27. The molecule has 0 saturated carbocycles. The number of hydrogen-bond donors (Lipinski definition) is 1. The number of pyridine rings is 1. The number of methoxy groups -OCH3 is 2. The molecule has 0 bridgehead atoms. The third-order valence-electron chi connectivity index (χ3n) is 6.65. The van der Waals surface area contributed by atoms with Crippen molar-refractivity contribution >= 4 is 10.9 Å². The molecule has 0 aliphatic heterocycles. The van der Waals surface area contributed by atoms with Crippen LogP contribution in [0.5, 0.6) is 5.75 Å². The number of aromatic nitrogens is 5. The smallest absolute Gasteiger partial charge is 0.252 e. The van der Waals surface area contributed by atoms with Crippen LogP contribution in [0.2, 0.25) is 0 Å². The Morgan fingerprint density at radius 1 is 1.06 bits per heavy atom. The highest BCUT2D eigenvalue weighted by Crippen LogP contribution is 2.29. The van der Waals surface area contributed by atoms with Gasteiger partial charge in [-0.1, -0.05) is 37.3 Å². The number of nitrogens with one attached hydrogen (secondary N) is 1. The standard InChI is InChI=1S/C27H34N6O3/c1-6-23(26-29-30-31-33(26)13-14-35-4)32(16-20-9-7-8-10-24(20)36-5)17-21-15-22-18(2)11-12-19(3)25(22)28-27(21)34/h7-12,15,23H,6,13-14,16-17H2,1-5H3,(H,28,34)/t23-/m1/s1. The van der Waals surface area contributed by atoms with Crippen LogP contribution in [0, 0.1) is 13.8 Å². The molecule has 0 aliphatic carbocycles. The first-order valence-electron chi connectivity index (χ1n) is 12.2. The van der Waals surface area contributed by atoms with Gasteiger partial charge in [-0.3, -0.25) is 9.69 Å². The number of benzene rings is 2. The van der Waals surface area contributed by atoms with Crippen molar-refractivity contribution in [2.75, 3.05) is 20.8 Å². The fraction of sp³-hybridized carbons (Fsp3) is 0.407. The maximum absolute atomic E-state index is 13.2.